The molecule has 6 heterocycles. The second-order valence-corrected chi connectivity index (χ2v) is 22.2. The van der Waals surface area contributed by atoms with Crippen molar-refractivity contribution < 1.29 is 23.0 Å². The van der Waals surface area contributed by atoms with Gasteiger partial charge in [-0.05, 0) is 124 Å². The van der Waals surface area contributed by atoms with Crippen LogP contribution in [0.25, 0.3) is 28.1 Å². The van der Waals surface area contributed by atoms with Gasteiger partial charge < -0.3 is 24.1 Å². The highest BCUT2D eigenvalue weighted by atomic mass is 31.2. The van der Waals surface area contributed by atoms with Gasteiger partial charge in [0.25, 0.3) is 5.91 Å². The predicted molar refractivity (Wildman–Crippen MR) is 256 cm³/mol. The number of nitrogens with zero attached hydrogens (tertiary/aromatic N) is 7. The Bertz CT molecular complexity index is 3260. The van der Waals surface area contributed by atoms with Crippen LogP contribution in [0.15, 0.2) is 75.0 Å². The van der Waals surface area contributed by atoms with Gasteiger partial charge in [-0.2, -0.15) is 5.10 Å². The Morgan fingerprint density at radius 3 is 2.28 bits per heavy atom. The van der Waals surface area contributed by atoms with Gasteiger partial charge >= 0.3 is 11.4 Å². The zero-order valence-electron chi connectivity index (χ0n) is 39.3. The fourth-order valence-corrected chi connectivity index (χ4v) is 13.5. The summed E-state index contributed by atoms with van der Waals surface area (Å²) < 4.78 is 46.9. The van der Waals surface area contributed by atoms with Crippen LogP contribution in [0, 0.1) is 32.5 Å². The topological polar surface area (TPSA) is 167 Å². The van der Waals surface area contributed by atoms with Gasteiger partial charge in [-0.25, -0.2) is 18.7 Å². The van der Waals surface area contributed by atoms with Crippen LogP contribution >= 0.6 is 7.14 Å². The Balaban J connectivity index is 1.12. The van der Waals surface area contributed by atoms with Crippen molar-refractivity contribution in [2.24, 2.45) is 5.92 Å². The van der Waals surface area contributed by atoms with Gasteiger partial charge in [-0.15, -0.1) is 0 Å². The number of hydrogen-bond donors (Lipinski definition) is 2. The number of rotatable bonds is 11. The van der Waals surface area contributed by atoms with Crippen molar-refractivity contribution in [2.75, 3.05) is 44.4 Å². The zero-order chi connectivity index (χ0) is 47.3. The molecule has 1 saturated carbocycles. The number of amides is 1. The number of nitrogens with one attached hydrogen (secondary N) is 2. The van der Waals surface area contributed by atoms with Crippen LogP contribution in [0.2, 0.25) is 0 Å². The van der Waals surface area contributed by atoms with E-state index >= 15 is 9.18 Å². The molecule has 0 radical (unpaired) electrons. The number of imidazole rings is 1. The third kappa shape index (κ3) is 7.00. The molecule has 4 aromatic heterocycles. The van der Waals surface area contributed by atoms with Crippen LogP contribution in [0.5, 0.6) is 0 Å². The normalized spacial score (nSPS) is 19.9. The molecule has 67 heavy (non-hydrogen) atoms. The van der Waals surface area contributed by atoms with Crippen molar-refractivity contribution in [3.63, 3.8) is 0 Å². The maximum Gasteiger partial charge on any atom is 0.438 e. The Morgan fingerprint density at radius 2 is 1.64 bits per heavy atom. The zero-order valence-corrected chi connectivity index (χ0v) is 40.2. The lowest BCUT2D eigenvalue weighted by Gasteiger charge is -2.34. The van der Waals surface area contributed by atoms with E-state index in [4.69, 9.17) is 14.4 Å². The summed E-state index contributed by atoms with van der Waals surface area (Å²) in [7, 11) is -0.896. The standard InChI is InChI=1S/C50H57FN9O6P/c1-9-67(64,10-2)44-30(5)23-36(26-39(44)52-8)57-17-18-58(49(57)63)45-42-32(7)56(16-13-38(42)54-60(45)37-21-28(3)43(51)29(4)22-37)46(61)41-25-35-24-34(33-14-19-65-20-15-33)11-12-40(35)59(41)50(27-31(50)6)47-53-48(62)66-55-47/h11-12,17-18,21-26,31-33,52H,9-10,13-16,19-20,27H2,1-8H3,(H,53,55,62)/t31-,32-,50-/m0/s1. The summed E-state index contributed by atoms with van der Waals surface area (Å²) in [5, 5.41) is 14.3. The number of fused-ring (bicyclic) bond motifs is 2. The molecule has 15 nitrogen and oxygen atoms in total. The van der Waals surface area contributed by atoms with E-state index < -0.39 is 24.5 Å². The van der Waals surface area contributed by atoms with Crippen molar-refractivity contribution >= 4 is 34.9 Å². The van der Waals surface area contributed by atoms with Gasteiger partial charge in [0, 0.05) is 85.4 Å². The molecule has 2 fully saturated rings. The van der Waals surface area contributed by atoms with Gasteiger partial charge in [-0.1, -0.05) is 32.0 Å². The van der Waals surface area contributed by atoms with E-state index in [9.17, 15) is 14.2 Å². The summed E-state index contributed by atoms with van der Waals surface area (Å²) in [6, 6.07) is 15.0. The van der Waals surface area contributed by atoms with Gasteiger partial charge in [0.05, 0.1) is 23.1 Å². The van der Waals surface area contributed by atoms with E-state index in [1.165, 1.54) is 5.56 Å². The van der Waals surface area contributed by atoms with Crippen molar-refractivity contribution in [1.82, 2.24) is 38.5 Å². The van der Waals surface area contributed by atoms with E-state index in [-0.39, 0.29) is 23.3 Å². The molecule has 7 aromatic rings. The minimum atomic E-state index is -2.69. The molecule has 0 spiro atoms. The smallest absolute Gasteiger partial charge is 0.387 e. The quantitative estimate of drug-likeness (QED) is 0.122. The molecule has 1 saturated heterocycles. The largest absolute Gasteiger partial charge is 0.438 e. The number of aromatic amines is 1. The molecule has 10 rings (SSSR count). The van der Waals surface area contributed by atoms with Crippen LogP contribution in [0.1, 0.15) is 109 Å². The molecule has 3 aromatic carbocycles. The minimum absolute atomic E-state index is 0.0197. The molecular formula is C50H57FN9O6P. The first-order chi connectivity index (χ1) is 32.1. The number of ether oxygens (including phenoxy) is 1. The number of benzene rings is 3. The van der Waals surface area contributed by atoms with Crippen LogP contribution in [0.3, 0.4) is 0 Å². The van der Waals surface area contributed by atoms with E-state index in [2.05, 4.69) is 40.6 Å². The Hall–Kier alpha value is -6.25. The highest BCUT2D eigenvalue weighted by Crippen LogP contribution is 2.56. The van der Waals surface area contributed by atoms with Gasteiger partial charge in [0.2, 0.25) is 0 Å². The summed E-state index contributed by atoms with van der Waals surface area (Å²) in [6.45, 7) is 15.0. The van der Waals surface area contributed by atoms with Crippen LogP contribution in [-0.4, -0.2) is 83.6 Å². The summed E-state index contributed by atoms with van der Waals surface area (Å²) in [5.41, 5.74) is 6.22. The number of carbonyl (C=O) groups is 1. The van der Waals surface area contributed by atoms with E-state index in [1.807, 2.05) is 55.4 Å². The molecule has 1 amide bonds. The molecule has 350 valence electrons. The van der Waals surface area contributed by atoms with Gasteiger partial charge in [0.15, 0.2) is 5.82 Å². The molecule has 0 unspecified atom stereocenters. The predicted octanol–water partition coefficient (Wildman–Crippen LogP) is 8.02. The highest BCUT2D eigenvalue weighted by molar-refractivity contribution is 7.72. The third-order valence-electron chi connectivity index (χ3n) is 14.9. The van der Waals surface area contributed by atoms with Crippen molar-refractivity contribution in [3.8, 4) is 17.2 Å². The second-order valence-electron chi connectivity index (χ2n) is 18.7. The molecule has 2 N–H and O–H groups in total. The van der Waals surface area contributed by atoms with Gasteiger partial charge in [-0.3, -0.25) is 23.4 Å². The highest BCUT2D eigenvalue weighted by Gasteiger charge is 2.59. The van der Waals surface area contributed by atoms with Crippen molar-refractivity contribution in [2.45, 2.75) is 91.6 Å². The van der Waals surface area contributed by atoms with Crippen LogP contribution in [-0.2, 0) is 21.3 Å². The third-order valence-corrected chi connectivity index (χ3v) is 18.4. The first-order valence-corrected chi connectivity index (χ1v) is 25.4. The number of halogens is 1. The number of anilines is 1. The number of aromatic nitrogens is 7. The first kappa shape index (κ1) is 44.6. The average Bonchev–Trinajstić information content (AvgIpc) is 3.82. The average molecular weight is 930 g/mol. The monoisotopic (exact) mass is 929 g/mol. The lowest BCUT2D eigenvalue weighted by Crippen LogP contribution is -2.41. The maximum absolute atomic E-state index is 15.6. The molecule has 2 aliphatic heterocycles. The van der Waals surface area contributed by atoms with Crippen molar-refractivity contribution in [3.05, 3.63) is 133 Å². The summed E-state index contributed by atoms with van der Waals surface area (Å²) in [5.74, 6) is -0.0529. The minimum Gasteiger partial charge on any atom is -0.387 e. The SMILES string of the molecule is CCP(=O)(CC)c1c(C)cc(-n2ccn(-c3c4c(nn3-c3cc(C)c(F)c(C)c3)CCN(C(=O)c3cc5cc(C6CCOCC6)ccc5n3[C@@]3(c5noc(=O)[nH]5)C[C@@H]3C)[C@H]4C)c2=O)cc1NC. The Labute approximate surface area is 387 Å². The van der Waals surface area contributed by atoms with Gasteiger partial charge in [0.1, 0.15) is 30.0 Å². The van der Waals surface area contributed by atoms with Crippen LogP contribution < -0.4 is 22.1 Å². The van der Waals surface area contributed by atoms with E-state index in [0.717, 1.165) is 34.6 Å². The molecule has 3 atom stereocenters. The van der Waals surface area contributed by atoms with E-state index in [1.54, 1.807) is 59.2 Å². The summed E-state index contributed by atoms with van der Waals surface area (Å²) >= 11 is 0. The lowest BCUT2D eigenvalue weighted by atomic mass is 9.91. The summed E-state index contributed by atoms with van der Waals surface area (Å²) in [4.78, 5) is 47.6. The molecule has 17 heteroatoms. The fraction of sp³-hybridized carbons (Fsp3) is 0.420. The first-order valence-electron chi connectivity index (χ1n) is 23.4. The number of hydrogen-bond acceptors (Lipinski definition) is 9. The summed E-state index contributed by atoms with van der Waals surface area (Å²) in [6.07, 6.45) is 7.28. The fourth-order valence-electron chi connectivity index (χ4n) is 11.1. The molecular weight excluding hydrogens is 873 g/mol. The lowest BCUT2D eigenvalue weighted by molar-refractivity contribution is 0.0663. The van der Waals surface area contributed by atoms with E-state index in [0.29, 0.717) is 108 Å². The molecule has 0 bridgehead atoms. The molecule has 3 aliphatic rings. The number of aryl methyl sites for hydroxylation is 3. The number of carbonyl (C=O) groups excluding carboxylic acids is 1. The number of H-pyrrole nitrogens is 1. The second kappa shape index (κ2) is 16.5. The molecule has 1 aliphatic carbocycles. The van der Waals surface area contributed by atoms with Crippen LogP contribution in [0.4, 0.5) is 10.1 Å². The Morgan fingerprint density at radius 1 is 0.955 bits per heavy atom. The Kier molecular flexibility index (Phi) is 11.0. The maximum atomic E-state index is 15.6. The van der Waals surface area contributed by atoms with Crippen molar-refractivity contribution in [1.29, 1.82) is 0 Å².